The number of aromatic amines is 1. The second-order valence-corrected chi connectivity index (χ2v) is 9.56. The molecule has 0 saturated carbocycles. The van der Waals surface area contributed by atoms with Gasteiger partial charge in [0.15, 0.2) is 0 Å². The number of nitrogens with one attached hydrogen (secondary N) is 1. The van der Waals surface area contributed by atoms with Gasteiger partial charge in [0.25, 0.3) is 0 Å². The van der Waals surface area contributed by atoms with Gasteiger partial charge >= 0.3 is 0 Å². The van der Waals surface area contributed by atoms with E-state index in [0.29, 0.717) is 29.3 Å². The molecule has 1 aliphatic rings. The molecule has 4 rings (SSSR count). The molecule has 0 spiro atoms. The van der Waals surface area contributed by atoms with Crippen molar-refractivity contribution in [2.75, 3.05) is 20.2 Å². The van der Waals surface area contributed by atoms with E-state index in [-0.39, 0.29) is 5.92 Å². The van der Waals surface area contributed by atoms with E-state index in [1.165, 1.54) is 10.9 Å². The number of hydrogen-bond donors (Lipinski definition) is 1. The van der Waals surface area contributed by atoms with Gasteiger partial charge in [0, 0.05) is 30.2 Å². The molecule has 6 heteroatoms. The average Bonchev–Trinajstić information content (AvgIpc) is 3.11. The Hall–Kier alpha value is -2.31. The van der Waals surface area contributed by atoms with Crippen LogP contribution >= 0.6 is 0 Å². The van der Waals surface area contributed by atoms with Crippen LogP contribution in [-0.4, -0.2) is 37.9 Å². The van der Waals surface area contributed by atoms with Gasteiger partial charge in [0.1, 0.15) is 5.75 Å². The molecule has 0 radical (unpaired) electrons. The second-order valence-electron chi connectivity index (χ2n) is 7.65. The molecule has 5 nitrogen and oxygen atoms in total. The molecule has 0 bridgehead atoms. The second kappa shape index (κ2) is 7.26. The summed E-state index contributed by atoms with van der Waals surface area (Å²) in [6.07, 6.45) is 1.84. The van der Waals surface area contributed by atoms with Crippen molar-refractivity contribution in [3.8, 4) is 5.75 Å². The summed E-state index contributed by atoms with van der Waals surface area (Å²) < 4.78 is 33.4. The molecular formula is C22H26N2O3S. The first-order valence-corrected chi connectivity index (χ1v) is 11.1. The lowest BCUT2D eigenvalue weighted by atomic mass is 9.96. The van der Waals surface area contributed by atoms with Crippen LogP contribution in [0, 0.1) is 13.8 Å². The number of fused-ring (bicyclic) bond motifs is 1. The minimum Gasteiger partial charge on any atom is -0.497 e. The first-order valence-electron chi connectivity index (χ1n) is 9.62. The van der Waals surface area contributed by atoms with Crippen molar-refractivity contribution in [1.82, 2.24) is 9.29 Å². The molecule has 1 saturated heterocycles. The highest BCUT2D eigenvalue weighted by Gasteiger charge is 2.32. The van der Waals surface area contributed by atoms with E-state index in [2.05, 4.69) is 36.2 Å². The summed E-state index contributed by atoms with van der Waals surface area (Å²) >= 11 is 0. The average molecular weight is 399 g/mol. The van der Waals surface area contributed by atoms with Crippen LogP contribution in [0.5, 0.6) is 5.75 Å². The van der Waals surface area contributed by atoms with Gasteiger partial charge in [0.05, 0.1) is 12.0 Å². The molecule has 1 aliphatic heterocycles. The molecule has 1 fully saturated rings. The van der Waals surface area contributed by atoms with Crippen LogP contribution < -0.4 is 4.74 Å². The standard InChI is InChI=1S/C22H26N2O3S/c1-15-6-8-20-18(11-15)13-21(23-20)17-5-4-10-24(14-17)28(25,26)22-9-7-19(27-3)12-16(22)2/h6-9,11-13,17,23H,4-5,10,14H2,1-3H3. The van der Waals surface area contributed by atoms with Crippen LogP contribution in [0.25, 0.3) is 10.9 Å². The van der Waals surface area contributed by atoms with Crippen molar-refractivity contribution in [2.24, 2.45) is 0 Å². The number of rotatable bonds is 4. The van der Waals surface area contributed by atoms with Gasteiger partial charge in [-0.25, -0.2) is 8.42 Å². The number of aryl methyl sites for hydroxylation is 2. The smallest absolute Gasteiger partial charge is 0.243 e. The lowest BCUT2D eigenvalue weighted by molar-refractivity contribution is 0.313. The predicted octanol–water partition coefficient (Wildman–Crippen LogP) is 4.36. The zero-order chi connectivity index (χ0) is 19.9. The van der Waals surface area contributed by atoms with Crippen LogP contribution in [0.3, 0.4) is 0 Å². The Morgan fingerprint density at radius 1 is 1.11 bits per heavy atom. The van der Waals surface area contributed by atoms with Crippen LogP contribution in [0.4, 0.5) is 0 Å². The van der Waals surface area contributed by atoms with Crippen molar-refractivity contribution < 1.29 is 13.2 Å². The fourth-order valence-electron chi connectivity index (χ4n) is 4.09. The number of piperidine rings is 1. The maximum Gasteiger partial charge on any atom is 0.243 e. The van der Waals surface area contributed by atoms with E-state index in [4.69, 9.17) is 4.74 Å². The van der Waals surface area contributed by atoms with E-state index < -0.39 is 10.0 Å². The molecule has 1 aromatic heterocycles. The predicted molar refractivity (Wildman–Crippen MR) is 112 cm³/mol. The van der Waals surface area contributed by atoms with Gasteiger partial charge in [-0.3, -0.25) is 0 Å². The first-order chi connectivity index (χ1) is 13.4. The molecule has 2 heterocycles. The topological polar surface area (TPSA) is 62.4 Å². The third-order valence-corrected chi connectivity index (χ3v) is 7.65. The largest absolute Gasteiger partial charge is 0.497 e. The number of benzene rings is 2. The Labute approximate surface area is 166 Å². The van der Waals surface area contributed by atoms with Crippen LogP contribution in [-0.2, 0) is 10.0 Å². The fourth-order valence-corrected chi connectivity index (χ4v) is 5.82. The summed E-state index contributed by atoms with van der Waals surface area (Å²) in [6, 6.07) is 13.6. The highest BCUT2D eigenvalue weighted by Crippen LogP contribution is 2.33. The van der Waals surface area contributed by atoms with Crippen LogP contribution in [0.1, 0.15) is 35.6 Å². The number of nitrogens with zero attached hydrogens (tertiary/aromatic N) is 1. The van der Waals surface area contributed by atoms with E-state index in [0.717, 1.165) is 24.1 Å². The molecule has 0 aliphatic carbocycles. The number of sulfonamides is 1. The summed E-state index contributed by atoms with van der Waals surface area (Å²) in [6.45, 7) is 4.96. The lowest BCUT2D eigenvalue weighted by Gasteiger charge is -2.32. The Bertz CT molecular complexity index is 1120. The molecule has 1 atom stereocenters. The number of H-pyrrole nitrogens is 1. The summed E-state index contributed by atoms with van der Waals surface area (Å²) in [5, 5.41) is 1.18. The van der Waals surface area contributed by atoms with E-state index in [1.54, 1.807) is 29.6 Å². The van der Waals surface area contributed by atoms with Crippen molar-refractivity contribution in [1.29, 1.82) is 0 Å². The van der Waals surface area contributed by atoms with E-state index in [9.17, 15) is 8.42 Å². The normalized spacial score (nSPS) is 18.5. The molecule has 3 aromatic rings. The van der Waals surface area contributed by atoms with Gasteiger partial charge < -0.3 is 9.72 Å². The number of aromatic nitrogens is 1. The molecule has 148 valence electrons. The third-order valence-electron chi connectivity index (χ3n) is 5.62. The number of methoxy groups -OCH3 is 1. The molecule has 1 N–H and O–H groups in total. The van der Waals surface area contributed by atoms with Gasteiger partial charge in [-0.1, -0.05) is 11.6 Å². The summed E-state index contributed by atoms with van der Waals surface area (Å²) in [4.78, 5) is 3.85. The summed E-state index contributed by atoms with van der Waals surface area (Å²) in [5.74, 6) is 0.844. The van der Waals surface area contributed by atoms with Crippen molar-refractivity contribution in [3.63, 3.8) is 0 Å². The lowest BCUT2D eigenvalue weighted by Crippen LogP contribution is -2.39. The maximum atomic E-state index is 13.3. The highest BCUT2D eigenvalue weighted by atomic mass is 32.2. The fraction of sp³-hybridized carbons (Fsp3) is 0.364. The molecular weight excluding hydrogens is 372 g/mol. The third kappa shape index (κ3) is 3.42. The molecule has 2 aromatic carbocycles. The zero-order valence-electron chi connectivity index (χ0n) is 16.5. The summed E-state index contributed by atoms with van der Waals surface area (Å²) in [5.41, 5.74) is 4.15. The van der Waals surface area contributed by atoms with E-state index in [1.807, 2.05) is 6.92 Å². The van der Waals surface area contributed by atoms with Crippen molar-refractivity contribution in [2.45, 2.75) is 37.5 Å². The van der Waals surface area contributed by atoms with Crippen LogP contribution in [0.15, 0.2) is 47.4 Å². The van der Waals surface area contributed by atoms with Crippen LogP contribution in [0.2, 0.25) is 0 Å². The van der Waals surface area contributed by atoms with Gasteiger partial charge in [-0.15, -0.1) is 0 Å². The van der Waals surface area contributed by atoms with Gasteiger partial charge in [-0.05, 0) is 74.0 Å². The Morgan fingerprint density at radius 3 is 2.68 bits per heavy atom. The molecule has 0 amide bonds. The monoisotopic (exact) mass is 398 g/mol. The van der Waals surface area contributed by atoms with Gasteiger partial charge in [-0.2, -0.15) is 4.31 Å². The minimum absolute atomic E-state index is 0.176. The van der Waals surface area contributed by atoms with Gasteiger partial charge in [0.2, 0.25) is 10.0 Å². The Kier molecular flexibility index (Phi) is 4.93. The first kappa shape index (κ1) is 19.0. The van der Waals surface area contributed by atoms with E-state index >= 15 is 0 Å². The quantitative estimate of drug-likeness (QED) is 0.710. The SMILES string of the molecule is COc1ccc(S(=O)(=O)N2CCCC(c3cc4cc(C)ccc4[nH]3)C2)c(C)c1. The highest BCUT2D eigenvalue weighted by molar-refractivity contribution is 7.89. The number of ether oxygens (including phenoxy) is 1. The minimum atomic E-state index is -3.53. The Balaban J connectivity index is 1.62. The van der Waals surface area contributed by atoms with Crippen molar-refractivity contribution in [3.05, 3.63) is 59.3 Å². The zero-order valence-corrected chi connectivity index (χ0v) is 17.3. The van der Waals surface area contributed by atoms with Crippen molar-refractivity contribution >= 4 is 20.9 Å². The molecule has 1 unspecified atom stereocenters. The molecule has 28 heavy (non-hydrogen) atoms. The number of hydrogen-bond acceptors (Lipinski definition) is 3. The Morgan fingerprint density at radius 2 is 1.93 bits per heavy atom. The maximum absolute atomic E-state index is 13.3. The summed E-state index contributed by atoms with van der Waals surface area (Å²) in [7, 11) is -1.95.